The van der Waals surface area contributed by atoms with Crippen molar-refractivity contribution in [2.75, 3.05) is 19.0 Å². The quantitative estimate of drug-likeness (QED) is 0.833. The summed E-state index contributed by atoms with van der Waals surface area (Å²) in [7, 11) is 1.74. The van der Waals surface area contributed by atoms with Gasteiger partial charge in [-0.2, -0.15) is 0 Å². The molecule has 0 radical (unpaired) electrons. The third-order valence-corrected chi connectivity index (χ3v) is 2.53. The standard InChI is InChI=1S/C14H23NO/c1-11(16-5)12-7-6-8-13(9-12)15-10-14(2,3)4/h6-9,11,15H,10H2,1-5H3. The maximum absolute atomic E-state index is 5.31. The molecule has 0 amide bonds. The zero-order chi connectivity index (χ0) is 12.2. The topological polar surface area (TPSA) is 21.3 Å². The molecule has 1 N–H and O–H groups in total. The first-order chi connectivity index (χ1) is 7.42. The van der Waals surface area contributed by atoms with Crippen molar-refractivity contribution in [1.29, 1.82) is 0 Å². The van der Waals surface area contributed by atoms with E-state index in [1.54, 1.807) is 7.11 Å². The fourth-order valence-electron chi connectivity index (χ4n) is 1.40. The van der Waals surface area contributed by atoms with Gasteiger partial charge in [-0.1, -0.05) is 32.9 Å². The second-order valence-corrected chi connectivity index (χ2v) is 5.42. The van der Waals surface area contributed by atoms with Crippen molar-refractivity contribution in [3.05, 3.63) is 29.8 Å². The van der Waals surface area contributed by atoms with E-state index in [2.05, 4.69) is 57.3 Å². The Morgan fingerprint density at radius 2 is 2.00 bits per heavy atom. The molecular weight excluding hydrogens is 198 g/mol. The van der Waals surface area contributed by atoms with Crippen LogP contribution in [-0.4, -0.2) is 13.7 Å². The first-order valence-electron chi connectivity index (χ1n) is 5.79. The van der Waals surface area contributed by atoms with Crippen LogP contribution in [-0.2, 0) is 4.74 Å². The highest BCUT2D eigenvalue weighted by Gasteiger charge is 2.10. The summed E-state index contributed by atoms with van der Waals surface area (Å²) < 4.78 is 5.31. The molecule has 0 aliphatic rings. The summed E-state index contributed by atoms with van der Waals surface area (Å²) in [6.07, 6.45) is 0.149. The van der Waals surface area contributed by atoms with Gasteiger partial charge in [0.05, 0.1) is 6.10 Å². The van der Waals surface area contributed by atoms with Crippen LogP contribution in [0.1, 0.15) is 39.4 Å². The maximum atomic E-state index is 5.31. The van der Waals surface area contributed by atoms with E-state index < -0.39 is 0 Å². The Kier molecular flexibility index (Phi) is 4.36. The van der Waals surface area contributed by atoms with Gasteiger partial charge < -0.3 is 10.1 Å². The van der Waals surface area contributed by atoms with Gasteiger partial charge in [0.2, 0.25) is 0 Å². The molecule has 1 unspecified atom stereocenters. The predicted octanol–water partition coefficient (Wildman–Crippen LogP) is 3.85. The molecule has 0 bridgehead atoms. The number of hydrogen-bond acceptors (Lipinski definition) is 2. The largest absolute Gasteiger partial charge is 0.385 e. The Hall–Kier alpha value is -1.02. The lowest BCUT2D eigenvalue weighted by Gasteiger charge is -2.20. The highest BCUT2D eigenvalue weighted by Crippen LogP contribution is 2.21. The van der Waals surface area contributed by atoms with E-state index in [0.29, 0.717) is 5.41 Å². The van der Waals surface area contributed by atoms with Gasteiger partial charge in [-0.25, -0.2) is 0 Å². The minimum atomic E-state index is 0.149. The molecule has 0 saturated carbocycles. The lowest BCUT2D eigenvalue weighted by atomic mass is 9.97. The summed E-state index contributed by atoms with van der Waals surface area (Å²) in [5.41, 5.74) is 2.67. The smallest absolute Gasteiger partial charge is 0.0793 e. The lowest BCUT2D eigenvalue weighted by molar-refractivity contribution is 0.119. The average Bonchev–Trinajstić information content (AvgIpc) is 2.25. The Bertz CT molecular complexity index is 328. The molecule has 0 aromatic heterocycles. The first-order valence-corrected chi connectivity index (χ1v) is 5.79. The van der Waals surface area contributed by atoms with Crippen LogP contribution < -0.4 is 5.32 Å². The summed E-state index contributed by atoms with van der Waals surface area (Å²) in [6, 6.07) is 8.41. The Balaban J connectivity index is 2.68. The zero-order valence-corrected chi connectivity index (χ0v) is 11.0. The average molecular weight is 221 g/mol. The van der Waals surface area contributed by atoms with E-state index in [1.807, 2.05) is 0 Å². The van der Waals surface area contributed by atoms with Crippen molar-refractivity contribution in [2.45, 2.75) is 33.8 Å². The number of benzene rings is 1. The van der Waals surface area contributed by atoms with Gasteiger partial charge in [-0.3, -0.25) is 0 Å². The van der Waals surface area contributed by atoms with Crippen molar-refractivity contribution in [3.63, 3.8) is 0 Å². The molecule has 0 fully saturated rings. The van der Waals surface area contributed by atoms with Crippen LogP contribution in [0, 0.1) is 5.41 Å². The first kappa shape index (κ1) is 13.0. The third kappa shape index (κ3) is 4.23. The summed E-state index contributed by atoms with van der Waals surface area (Å²) in [5, 5.41) is 3.45. The van der Waals surface area contributed by atoms with Crippen LogP contribution >= 0.6 is 0 Å². The van der Waals surface area contributed by atoms with Crippen LogP contribution in [0.15, 0.2) is 24.3 Å². The minimum Gasteiger partial charge on any atom is -0.385 e. The van der Waals surface area contributed by atoms with Crippen LogP contribution in [0.4, 0.5) is 5.69 Å². The number of hydrogen-bond donors (Lipinski definition) is 1. The van der Waals surface area contributed by atoms with E-state index in [1.165, 1.54) is 5.56 Å². The molecular formula is C14H23NO. The van der Waals surface area contributed by atoms with Gasteiger partial charge in [-0.05, 0) is 30.0 Å². The van der Waals surface area contributed by atoms with E-state index >= 15 is 0 Å². The number of anilines is 1. The van der Waals surface area contributed by atoms with Crippen molar-refractivity contribution >= 4 is 5.69 Å². The van der Waals surface area contributed by atoms with E-state index in [4.69, 9.17) is 4.74 Å². The molecule has 1 aromatic rings. The Labute approximate surface area is 99.0 Å². The Morgan fingerprint density at radius 1 is 1.31 bits per heavy atom. The molecule has 1 atom stereocenters. The molecule has 0 saturated heterocycles. The van der Waals surface area contributed by atoms with Gasteiger partial charge in [0.25, 0.3) is 0 Å². The summed E-state index contributed by atoms with van der Waals surface area (Å²) >= 11 is 0. The second-order valence-electron chi connectivity index (χ2n) is 5.42. The summed E-state index contributed by atoms with van der Waals surface area (Å²) in [4.78, 5) is 0. The van der Waals surface area contributed by atoms with Crippen LogP contribution in [0.5, 0.6) is 0 Å². The molecule has 0 heterocycles. The molecule has 0 aliphatic heterocycles. The van der Waals surface area contributed by atoms with Gasteiger partial charge in [0, 0.05) is 19.3 Å². The number of methoxy groups -OCH3 is 1. The SMILES string of the molecule is COC(C)c1cccc(NCC(C)(C)C)c1. The van der Waals surface area contributed by atoms with Gasteiger partial charge in [0.1, 0.15) is 0 Å². The second kappa shape index (κ2) is 5.35. The van der Waals surface area contributed by atoms with Crippen LogP contribution in [0.3, 0.4) is 0 Å². The molecule has 2 heteroatoms. The number of ether oxygens (including phenoxy) is 1. The van der Waals surface area contributed by atoms with Gasteiger partial charge >= 0.3 is 0 Å². The molecule has 0 aliphatic carbocycles. The molecule has 2 nitrogen and oxygen atoms in total. The van der Waals surface area contributed by atoms with E-state index in [-0.39, 0.29) is 6.10 Å². The van der Waals surface area contributed by atoms with Crippen LogP contribution in [0.25, 0.3) is 0 Å². The zero-order valence-electron chi connectivity index (χ0n) is 11.0. The fraction of sp³-hybridized carbons (Fsp3) is 0.571. The fourth-order valence-corrected chi connectivity index (χ4v) is 1.40. The van der Waals surface area contributed by atoms with Gasteiger partial charge in [0.15, 0.2) is 0 Å². The number of rotatable bonds is 4. The van der Waals surface area contributed by atoms with E-state index in [0.717, 1.165) is 12.2 Å². The molecule has 16 heavy (non-hydrogen) atoms. The van der Waals surface area contributed by atoms with Crippen LogP contribution in [0.2, 0.25) is 0 Å². The van der Waals surface area contributed by atoms with E-state index in [9.17, 15) is 0 Å². The highest BCUT2D eigenvalue weighted by atomic mass is 16.5. The molecule has 0 spiro atoms. The highest BCUT2D eigenvalue weighted by molar-refractivity contribution is 5.46. The Morgan fingerprint density at radius 3 is 2.56 bits per heavy atom. The normalized spacial score (nSPS) is 13.6. The summed E-state index contributed by atoms with van der Waals surface area (Å²) in [5.74, 6) is 0. The predicted molar refractivity (Wildman–Crippen MR) is 69.8 cm³/mol. The van der Waals surface area contributed by atoms with Gasteiger partial charge in [-0.15, -0.1) is 0 Å². The summed E-state index contributed by atoms with van der Waals surface area (Å²) in [6.45, 7) is 9.70. The lowest BCUT2D eigenvalue weighted by Crippen LogP contribution is -2.19. The molecule has 1 aromatic carbocycles. The van der Waals surface area contributed by atoms with Crippen molar-refractivity contribution in [3.8, 4) is 0 Å². The monoisotopic (exact) mass is 221 g/mol. The third-order valence-electron chi connectivity index (χ3n) is 2.53. The molecule has 1 rings (SSSR count). The van der Waals surface area contributed by atoms with Crippen molar-refractivity contribution in [1.82, 2.24) is 0 Å². The van der Waals surface area contributed by atoms with Crippen molar-refractivity contribution < 1.29 is 4.74 Å². The minimum absolute atomic E-state index is 0.149. The molecule has 90 valence electrons. The number of nitrogens with one attached hydrogen (secondary N) is 1. The maximum Gasteiger partial charge on any atom is 0.0793 e. The van der Waals surface area contributed by atoms with Crippen molar-refractivity contribution in [2.24, 2.45) is 5.41 Å².